The topological polar surface area (TPSA) is 161 Å². The van der Waals surface area contributed by atoms with Crippen LogP contribution in [0.1, 0.15) is 43.1 Å². The van der Waals surface area contributed by atoms with Crippen LogP contribution in [0.4, 0.5) is 16.2 Å². The predicted molar refractivity (Wildman–Crippen MR) is 167 cm³/mol. The molecule has 1 aliphatic rings. The lowest BCUT2D eigenvalue weighted by Crippen LogP contribution is -2.28. The largest absolute Gasteiger partial charge is 0.447 e. The molecule has 0 spiro atoms. The Balaban J connectivity index is 1.35. The molecule has 2 aromatic carbocycles. The summed E-state index contributed by atoms with van der Waals surface area (Å²) in [7, 11) is 1.54. The number of imidazole rings is 1. The number of H-pyrrole nitrogens is 1. The van der Waals surface area contributed by atoms with Gasteiger partial charge in [0.2, 0.25) is 5.91 Å². The number of hydrogen-bond donors (Lipinski definition) is 4. The van der Waals surface area contributed by atoms with Gasteiger partial charge in [-0.15, -0.1) is 5.10 Å². The Kier molecular flexibility index (Phi) is 10.4. The van der Waals surface area contributed by atoms with Gasteiger partial charge in [-0.05, 0) is 65.7 Å². The molecule has 230 valence electrons. The smallest absolute Gasteiger partial charge is 0.411 e. The minimum absolute atomic E-state index is 0.146. The molecule has 2 amide bonds. The minimum Gasteiger partial charge on any atom is -0.447 e. The van der Waals surface area contributed by atoms with E-state index in [1.54, 1.807) is 30.3 Å². The van der Waals surface area contributed by atoms with E-state index in [0.29, 0.717) is 58.2 Å². The normalized spacial score (nSPS) is 15.0. The van der Waals surface area contributed by atoms with Gasteiger partial charge in [0.1, 0.15) is 29.6 Å². The number of fused-ring (bicyclic) bond motifs is 4. The van der Waals surface area contributed by atoms with Crippen LogP contribution in [0.5, 0.6) is 0 Å². The van der Waals surface area contributed by atoms with Gasteiger partial charge in [-0.3, -0.25) is 10.1 Å². The van der Waals surface area contributed by atoms with Gasteiger partial charge in [0.15, 0.2) is 0 Å². The molecule has 0 saturated carbocycles. The molecule has 0 radical (unpaired) electrons. The van der Waals surface area contributed by atoms with Crippen molar-refractivity contribution in [1.29, 1.82) is 0 Å². The van der Waals surface area contributed by atoms with Crippen LogP contribution in [0.2, 0.25) is 10.2 Å². The number of aromatic nitrogens is 6. The van der Waals surface area contributed by atoms with Crippen LogP contribution in [0, 0.1) is 0 Å². The SMILES string of the molecule is COCCOC(=O)Nc1ccc2c(c1)NCCCCCC(NC(=O)/C=C/c1cc(Cl)ccc1-n1cnnn1)c1nc-2c(Cl)[nH]1. The van der Waals surface area contributed by atoms with E-state index in [9.17, 15) is 9.59 Å². The standard InChI is InChI=1S/C29H31Cl2N9O4/c1-43-13-14-44-29(42)34-20-8-9-21-23(16-20)32-12-4-2-3-5-22(28-36-26(21)27(31)37-28)35-25(41)11-6-18-15-19(30)7-10-24(18)40-17-33-38-39-40/h6-11,15-17,22,32H,2-5,12-14H2,1H3,(H,34,42)(H,35,41)(H,36,37)/b11-6+. The number of carbonyl (C=O) groups is 2. The highest BCUT2D eigenvalue weighted by Gasteiger charge is 2.22. The van der Waals surface area contributed by atoms with Crippen molar-refractivity contribution in [3.63, 3.8) is 0 Å². The van der Waals surface area contributed by atoms with Crippen molar-refractivity contribution in [1.82, 2.24) is 35.5 Å². The second-order valence-electron chi connectivity index (χ2n) is 9.93. The van der Waals surface area contributed by atoms with Crippen LogP contribution in [-0.4, -0.2) is 69.0 Å². The number of benzene rings is 2. The van der Waals surface area contributed by atoms with E-state index < -0.39 is 12.1 Å². The number of halogens is 2. The number of ether oxygens (including phenoxy) is 2. The lowest BCUT2D eigenvalue weighted by atomic mass is 10.1. The van der Waals surface area contributed by atoms with Gasteiger partial charge in [-0.2, -0.15) is 4.68 Å². The number of carbonyl (C=O) groups excluding carboxylic acids is 2. The third kappa shape index (κ3) is 7.92. The fourth-order valence-corrected chi connectivity index (χ4v) is 5.16. The maximum Gasteiger partial charge on any atom is 0.411 e. The molecule has 2 aromatic heterocycles. The lowest BCUT2D eigenvalue weighted by molar-refractivity contribution is -0.117. The number of amides is 2. The number of nitrogens with zero attached hydrogens (tertiary/aromatic N) is 5. The summed E-state index contributed by atoms with van der Waals surface area (Å²) in [6.45, 7) is 1.15. The molecular weight excluding hydrogens is 609 g/mol. The summed E-state index contributed by atoms with van der Waals surface area (Å²) >= 11 is 12.9. The van der Waals surface area contributed by atoms with E-state index in [1.807, 2.05) is 12.1 Å². The van der Waals surface area contributed by atoms with E-state index in [2.05, 4.69) is 36.5 Å². The van der Waals surface area contributed by atoms with Gasteiger partial charge in [-0.25, -0.2) is 9.78 Å². The molecule has 3 heterocycles. The number of tetrazole rings is 1. The molecule has 4 aromatic rings. The molecule has 13 nitrogen and oxygen atoms in total. The van der Waals surface area contributed by atoms with Gasteiger partial charge >= 0.3 is 6.09 Å². The van der Waals surface area contributed by atoms with Crippen molar-refractivity contribution in [3.05, 3.63) is 70.4 Å². The zero-order chi connectivity index (χ0) is 30.9. The second kappa shape index (κ2) is 14.8. The second-order valence-corrected chi connectivity index (χ2v) is 10.7. The quantitative estimate of drug-likeness (QED) is 0.146. The zero-order valence-electron chi connectivity index (χ0n) is 23.8. The van der Waals surface area contributed by atoms with Crippen molar-refractivity contribution < 1.29 is 19.1 Å². The molecule has 5 rings (SSSR count). The monoisotopic (exact) mass is 639 g/mol. The number of methoxy groups -OCH3 is 1. The molecule has 1 unspecified atom stereocenters. The Bertz CT molecular complexity index is 1620. The Morgan fingerprint density at radius 3 is 2.84 bits per heavy atom. The van der Waals surface area contributed by atoms with Crippen LogP contribution >= 0.6 is 23.2 Å². The summed E-state index contributed by atoms with van der Waals surface area (Å²) in [5, 5.41) is 21.4. The fraction of sp³-hybridized carbons (Fsp3) is 0.310. The van der Waals surface area contributed by atoms with E-state index in [0.717, 1.165) is 30.5 Å². The number of nitrogens with one attached hydrogen (secondary N) is 4. The first-order valence-electron chi connectivity index (χ1n) is 14.0. The van der Waals surface area contributed by atoms with Crippen LogP contribution in [0.15, 0.2) is 48.8 Å². The minimum atomic E-state index is -0.579. The third-order valence-corrected chi connectivity index (χ3v) is 7.36. The average Bonchev–Trinajstić information content (AvgIpc) is 3.67. The first-order chi connectivity index (χ1) is 21.4. The molecule has 2 bridgehead atoms. The van der Waals surface area contributed by atoms with Crippen molar-refractivity contribution in [2.24, 2.45) is 0 Å². The summed E-state index contributed by atoms with van der Waals surface area (Å²) in [5.41, 5.74) is 3.92. The molecule has 15 heteroatoms. The maximum atomic E-state index is 13.1. The van der Waals surface area contributed by atoms with Crippen LogP contribution in [-0.2, 0) is 14.3 Å². The predicted octanol–water partition coefficient (Wildman–Crippen LogP) is 5.41. The van der Waals surface area contributed by atoms with Crippen molar-refractivity contribution in [2.75, 3.05) is 37.5 Å². The third-order valence-electron chi connectivity index (χ3n) is 6.85. The molecule has 44 heavy (non-hydrogen) atoms. The summed E-state index contributed by atoms with van der Waals surface area (Å²) in [6.07, 6.45) is 7.33. The van der Waals surface area contributed by atoms with Gasteiger partial charge in [-0.1, -0.05) is 36.0 Å². The summed E-state index contributed by atoms with van der Waals surface area (Å²) < 4.78 is 11.5. The Labute approximate surface area is 263 Å². The first kappa shape index (κ1) is 31.0. The number of aromatic amines is 1. The lowest BCUT2D eigenvalue weighted by Gasteiger charge is -2.17. The molecule has 4 N–H and O–H groups in total. The van der Waals surface area contributed by atoms with Crippen molar-refractivity contribution in [2.45, 2.75) is 31.7 Å². The summed E-state index contributed by atoms with van der Waals surface area (Å²) in [6, 6.07) is 10.2. The van der Waals surface area contributed by atoms with Gasteiger partial charge < -0.3 is 25.1 Å². The Morgan fingerprint density at radius 1 is 1.14 bits per heavy atom. The number of anilines is 2. The highest BCUT2D eigenvalue weighted by atomic mass is 35.5. The number of hydrogen-bond acceptors (Lipinski definition) is 9. The van der Waals surface area contributed by atoms with Gasteiger partial charge in [0.25, 0.3) is 0 Å². The number of rotatable bonds is 8. The molecule has 1 atom stereocenters. The highest BCUT2D eigenvalue weighted by molar-refractivity contribution is 6.32. The highest BCUT2D eigenvalue weighted by Crippen LogP contribution is 2.36. The summed E-state index contributed by atoms with van der Waals surface area (Å²) in [5.74, 6) is 0.230. The molecule has 0 saturated heterocycles. The van der Waals surface area contributed by atoms with E-state index in [-0.39, 0.29) is 12.5 Å². The van der Waals surface area contributed by atoms with Gasteiger partial charge in [0, 0.05) is 47.3 Å². The Hall–Kier alpha value is -4.46. The zero-order valence-corrected chi connectivity index (χ0v) is 25.4. The van der Waals surface area contributed by atoms with Crippen LogP contribution in [0.3, 0.4) is 0 Å². The van der Waals surface area contributed by atoms with E-state index >= 15 is 0 Å². The first-order valence-corrected chi connectivity index (χ1v) is 14.7. The van der Waals surface area contributed by atoms with Crippen LogP contribution in [0.25, 0.3) is 23.0 Å². The summed E-state index contributed by atoms with van der Waals surface area (Å²) in [4.78, 5) is 33.2. The molecule has 0 fully saturated rings. The maximum absolute atomic E-state index is 13.1. The van der Waals surface area contributed by atoms with Gasteiger partial charge in [0.05, 0.1) is 18.3 Å². The molecular formula is C29H31Cl2N9O4. The van der Waals surface area contributed by atoms with E-state index in [1.165, 1.54) is 24.2 Å². The fourth-order valence-electron chi connectivity index (χ4n) is 4.73. The molecule has 0 aliphatic carbocycles. The average molecular weight is 641 g/mol. The van der Waals surface area contributed by atoms with E-state index in [4.69, 9.17) is 37.7 Å². The van der Waals surface area contributed by atoms with Crippen molar-refractivity contribution >= 4 is 52.7 Å². The molecule has 1 aliphatic heterocycles. The van der Waals surface area contributed by atoms with Crippen LogP contribution < -0.4 is 16.0 Å². The Morgan fingerprint density at radius 2 is 2.02 bits per heavy atom. The van der Waals surface area contributed by atoms with Crippen molar-refractivity contribution in [3.8, 4) is 16.9 Å².